The van der Waals surface area contributed by atoms with E-state index in [2.05, 4.69) is 26.3 Å². The highest BCUT2D eigenvalue weighted by atomic mass is 32.2. The van der Waals surface area contributed by atoms with Gasteiger partial charge in [0.1, 0.15) is 41.5 Å². The van der Waals surface area contributed by atoms with Crippen LogP contribution in [0.15, 0.2) is 82.3 Å². The van der Waals surface area contributed by atoms with Crippen molar-refractivity contribution in [3.8, 4) is 11.5 Å². The van der Waals surface area contributed by atoms with Gasteiger partial charge in [-0.05, 0) is 67.2 Å². The number of amides is 5. The number of nitrogens with one attached hydrogen (secondary N) is 5. The molecule has 21 heteroatoms. The molecule has 7 atom stereocenters. The van der Waals surface area contributed by atoms with E-state index in [0.29, 0.717) is 16.9 Å². The summed E-state index contributed by atoms with van der Waals surface area (Å²) >= 11 is 1.35. The largest absolute Gasteiger partial charge is 0.508 e. The van der Waals surface area contributed by atoms with E-state index in [1.54, 1.807) is 24.5 Å². The summed E-state index contributed by atoms with van der Waals surface area (Å²) in [5.74, 6) is -3.47. The van der Waals surface area contributed by atoms with Crippen LogP contribution in [0, 0.1) is 0 Å². The standard InChI is InChI=1S/C38H48N8O12S/c1-20(45(2)34(53)26(39)16-21-6-4-8-23(47)14-21)31(33(52)40-19-25-18-29(49)35(58-25)46-12-10-30(50)43-38(46)57)44-32(51)27(11-13-59-3)41-37(56)42-28(36(54)55)17-22-7-5-9-24(48)15-22/h4-10,12,14-15,19-20,26-29,31,35,47-49H,11,13,16-18,39H2,1-3H3,(H,40,52)(H,44,51)(H,54,55)(H2,41,42,56)(H,43,50,57)/b25-19-/t20?,26?,27?,28?,29-,31?,35-/m1/s1. The van der Waals surface area contributed by atoms with Gasteiger partial charge in [0.25, 0.3) is 5.56 Å². The summed E-state index contributed by atoms with van der Waals surface area (Å²) in [6.07, 6.45) is 1.22. The maximum Gasteiger partial charge on any atom is 0.331 e. The monoisotopic (exact) mass is 840 g/mol. The third kappa shape index (κ3) is 12.8. The number of rotatable bonds is 18. The van der Waals surface area contributed by atoms with Crippen LogP contribution >= 0.6 is 11.8 Å². The number of hydrogen-bond acceptors (Lipinski definition) is 13. The molecule has 1 aromatic heterocycles. The molecular formula is C38H48N8O12S. The first-order valence-electron chi connectivity index (χ1n) is 18.3. The van der Waals surface area contributed by atoms with Crippen molar-refractivity contribution in [2.24, 2.45) is 5.73 Å². The normalized spacial score (nSPS) is 18.0. The number of aliphatic carboxylic acids is 1. The van der Waals surface area contributed by atoms with E-state index >= 15 is 0 Å². The molecule has 20 nitrogen and oxygen atoms in total. The number of urea groups is 1. The molecule has 11 N–H and O–H groups in total. The lowest BCUT2D eigenvalue weighted by molar-refractivity contribution is -0.139. The molecule has 1 saturated heterocycles. The van der Waals surface area contributed by atoms with Gasteiger partial charge in [0.15, 0.2) is 0 Å². The van der Waals surface area contributed by atoms with Crippen LogP contribution in [0.2, 0.25) is 0 Å². The summed E-state index contributed by atoms with van der Waals surface area (Å²) < 4.78 is 6.65. The van der Waals surface area contributed by atoms with Crippen molar-refractivity contribution in [2.45, 2.75) is 75.1 Å². The summed E-state index contributed by atoms with van der Waals surface area (Å²) in [6.45, 7) is 1.47. The molecule has 4 rings (SSSR count). The fourth-order valence-corrected chi connectivity index (χ4v) is 6.62. The predicted octanol–water partition coefficient (Wildman–Crippen LogP) is -0.796. The van der Waals surface area contributed by atoms with Gasteiger partial charge in [-0.15, -0.1) is 0 Å². The van der Waals surface area contributed by atoms with Crippen LogP contribution in [0.4, 0.5) is 4.79 Å². The highest BCUT2D eigenvalue weighted by Gasteiger charge is 2.37. The van der Waals surface area contributed by atoms with Crippen molar-refractivity contribution >= 4 is 41.5 Å². The Morgan fingerprint density at radius 3 is 2.20 bits per heavy atom. The molecule has 2 aromatic carbocycles. The average Bonchev–Trinajstić information content (AvgIpc) is 3.55. The van der Waals surface area contributed by atoms with Gasteiger partial charge in [-0.3, -0.25) is 28.7 Å². The molecule has 0 saturated carbocycles. The Morgan fingerprint density at radius 2 is 1.61 bits per heavy atom. The third-order valence-electron chi connectivity index (χ3n) is 9.40. The molecule has 0 aliphatic carbocycles. The van der Waals surface area contributed by atoms with Gasteiger partial charge in [0.2, 0.25) is 23.9 Å². The zero-order chi connectivity index (χ0) is 43.4. The minimum absolute atomic E-state index is 0.0252. The number of nitrogens with zero attached hydrogens (tertiary/aromatic N) is 2. The number of carbonyl (C=O) groups excluding carboxylic acids is 4. The van der Waals surface area contributed by atoms with Crippen LogP contribution in [-0.4, -0.2) is 120 Å². The van der Waals surface area contributed by atoms with Gasteiger partial charge in [-0.2, -0.15) is 11.8 Å². The predicted molar refractivity (Wildman–Crippen MR) is 214 cm³/mol. The zero-order valence-electron chi connectivity index (χ0n) is 32.4. The van der Waals surface area contributed by atoms with Crippen LogP contribution < -0.4 is 38.2 Å². The van der Waals surface area contributed by atoms with Gasteiger partial charge >= 0.3 is 17.7 Å². The molecule has 0 spiro atoms. The molecule has 3 aromatic rings. The molecule has 1 aliphatic rings. The smallest absolute Gasteiger partial charge is 0.331 e. The van der Waals surface area contributed by atoms with Crippen LogP contribution in [-0.2, 0) is 36.8 Å². The SMILES string of the molecule is CSCCC(NC(=O)NC(Cc1cccc(O)c1)C(=O)O)C(=O)NC(C(=O)N/C=C1/C[C@@H](O)[C@H](n2ccc(=O)[nH]c2=O)O1)C(C)N(C)C(=O)C(N)Cc1cccc(O)c1. The molecule has 59 heavy (non-hydrogen) atoms. The molecule has 318 valence electrons. The second-order valence-electron chi connectivity index (χ2n) is 13.8. The molecule has 2 heterocycles. The van der Waals surface area contributed by atoms with Crippen molar-refractivity contribution in [1.29, 1.82) is 0 Å². The Labute approximate surface area is 341 Å². The lowest BCUT2D eigenvalue weighted by atomic mass is 10.0. The van der Waals surface area contributed by atoms with Crippen molar-refractivity contribution < 1.29 is 49.1 Å². The number of nitrogens with two attached hydrogens (primary N) is 1. The van der Waals surface area contributed by atoms with Crippen molar-refractivity contribution in [3.05, 3.63) is 105 Å². The average molecular weight is 841 g/mol. The number of likely N-dealkylation sites (N-methyl/N-ethyl adjacent to an activating group) is 1. The van der Waals surface area contributed by atoms with Gasteiger partial charge in [-0.1, -0.05) is 24.3 Å². The van der Waals surface area contributed by atoms with Crippen molar-refractivity contribution in [3.63, 3.8) is 0 Å². The first-order chi connectivity index (χ1) is 28.0. The number of phenols is 2. The van der Waals surface area contributed by atoms with Crippen molar-refractivity contribution in [2.75, 3.05) is 19.1 Å². The lowest BCUT2D eigenvalue weighted by Gasteiger charge is -2.34. The number of carbonyl (C=O) groups is 5. The van der Waals surface area contributed by atoms with Gasteiger partial charge in [-0.25, -0.2) is 14.4 Å². The van der Waals surface area contributed by atoms with Crippen LogP contribution in [0.3, 0.4) is 0 Å². The fraction of sp³-hybridized carbons (Fsp3) is 0.395. The summed E-state index contributed by atoms with van der Waals surface area (Å²) in [6, 6.07) is 5.55. The van der Waals surface area contributed by atoms with Gasteiger partial charge < -0.3 is 57.1 Å². The molecule has 5 amide bonds. The number of H-pyrrole nitrogens is 1. The summed E-state index contributed by atoms with van der Waals surface area (Å²) in [4.78, 5) is 93.8. The first-order valence-corrected chi connectivity index (χ1v) is 19.7. The highest BCUT2D eigenvalue weighted by molar-refractivity contribution is 7.98. The van der Waals surface area contributed by atoms with E-state index in [9.17, 15) is 54.0 Å². The number of benzene rings is 2. The van der Waals surface area contributed by atoms with Crippen LogP contribution in [0.25, 0.3) is 0 Å². The highest BCUT2D eigenvalue weighted by Crippen LogP contribution is 2.30. The number of hydrogen-bond donors (Lipinski definition) is 10. The van der Waals surface area contributed by atoms with E-state index in [0.717, 1.165) is 27.9 Å². The number of aliphatic hydroxyl groups is 1. The first kappa shape index (κ1) is 45.4. The number of aromatic hydroxyl groups is 2. The van der Waals surface area contributed by atoms with E-state index in [1.165, 1.54) is 56.1 Å². The van der Waals surface area contributed by atoms with E-state index in [4.69, 9.17) is 10.5 Å². The second-order valence-corrected chi connectivity index (χ2v) is 14.8. The van der Waals surface area contributed by atoms with E-state index < -0.39 is 83.5 Å². The molecule has 1 aliphatic heterocycles. The third-order valence-corrected chi connectivity index (χ3v) is 10.0. The second kappa shape index (κ2) is 20.9. The molecule has 0 bridgehead atoms. The molecule has 1 fully saturated rings. The Morgan fingerprint density at radius 1 is 0.983 bits per heavy atom. The number of carboxylic acid groups (broad SMARTS) is 1. The number of carboxylic acids is 1. The summed E-state index contributed by atoms with van der Waals surface area (Å²) in [5.41, 5.74) is 5.75. The Bertz CT molecular complexity index is 2140. The van der Waals surface area contributed by atoms with Crippen LogP contribution in [0.1, 0.15) is 37.1 Å². The van der Waals surface area contributed by atoms with Gasteiger partial charge in [0, 0.05) is 38.4 Å². The maximum atomic E-state index is 13.9. The number of thioether (sulfide) groups is 1. The number of aliphatic hydroxyl groups excluding tert-OH is 1. The number of aromatic nitrogens is 2. The Kier molecular flexibility index (Phi) is 16.1. The van der Waals surface area contributed by atoms with Crippen LogP contribution in [0.5, 0.6) is 11.5 Å². The minimum atomic E-state index is -1.52. The quantitative estimate of drug-likeness (QED) is 0.0751. The number of aromatic amines is 1. The van der Waals surface area contributed by atoms with Gasteiger partial charge in [0.05, 0.1) is 12.1 Å². The number of phenolic OH excluding ortho intramolecular Hbond substituents is 2. The lowest BCUT2D eigenvalue weighted by Crippen LogP contribution is -2.62. The van der Waals surface area contributed by atoms with E-state index in [-0.39, 0.29) is 42.9 Å². The molecule has 5 unspecified atom stereocenters. The minimum Gasteiger partial charge on any atom is -0.508 e. The fourth-order valence-electron chi connectivity index (χ4n) is 6.14. The summed E-state index contributed by atoms with van der Waals surface area (Å²) in [7, 11) is 1.37. The Hall–Kier alpha value is -6.32. The van der Waals surface area contributed by atoms with E-state index in [1.807, 2.05) is 0 Å². The topological polar surface area (TPSA) is 308 Å². The molecule has 0 radical (unpaired) electrons. The van der Waals surface area contributed by atoms with Crippen molar-refractivity contribution in [1.82, 2.24) is 35.7 Å². The maximum absolute atomic E-state index is 13.9. The number of ether oxygens (including phenoxy) is 1. The zero-order valence-corrected chi connectivity index (χ0v) is 33.2. The molecular weight excluding hydrogens is 793 g/mol. The Balaban J connectivity index is 1.55. The summed E-state index contributed by atoms with van der Waals surface area (Å²) in [5, 5.41) is 50.0.